The summed E-state index contributed by atoms with van der Waals surface area (Å²) in [6.07, 6.45) is 2.60. The SMILES string of the molecule is CC1Cc2ccccc2C1=C1SCCCS1. The predicted molar refractivity (Wildman–Crippen MR) is 75.8 cm³/mol. The van der Waals surface area contributed by atoms with Crippen molar-refractivity contribution in [3.05, 3.63) is 39.6 Å². The zero-order valence-electron chi connectivity index (χ0n) is 9.53. The fourth-order valence-electron chi connectivity index (χ4n) is 2.56. The van der Waals surface area contributed by atoms with Gasteiger partial charge in [-0.05, 0) is 47.0 Å². The normalized spacial score (nSPS) is 24.7. The summed E-state index contributed by atoms with van der Waals surface area (Å²) in [5.74, 6) is 3.33. The molecular formula is C14H16S2. The average Bonchev–Trinajstić information content (AvgIpc) is 2.66. The highest BCUT2D eigenvalue weighted by atomic mass is 32.2. The lowest BCUT2D eigenvalue weighted by Gasteiger charge is -2.18. The molecule has 0 N–H and O–H groups in total. The average molecular weight is 248 g/mol. The second-order valence-corrected chi connectivity index (χ2v) is 6.98. The standard InChI is InChI=1S/C14H16S2/c1-10-9-11-5-2-3-6-12(11)13(10)14-15-7-4-8-16-14/h2-3,5-6,10H,4,7-9H2,1H3. The van der Waals surface area contributed by atoms with Crippen LogP contribution in [-0.2, 0) is 6.42 Å². The Balaban J connectivity index is 2.07. The second-order valence-electron chi connectivity index (χ2n) is 4.51. The van der Waals surface area contributed by atoms with Crippen LogP contribution in [-0.4, -0.2) is 11.5 Å². The fourth-order valence-corrected chi connectivity index (χ4v) is 5.45. The zero-order valence-corrected chi connectivity index (χ0v) is 11.2. The molecule has 0 spiro atoms. The second kappa shape index (κ2) is 4.50. The van der Waals surface area contributed by atoms with E-state index in [-0.39, 0.29) is 0 Å². The minimum Gasteiger partial charge on any atom is -0.119 e. The molecule has 1 aromatic carbocycles. The molecule has 16 heavy (non-hydrogen) atoms. The van der Waals surface area contributed by atoms with E-state index in [4.69, 9.17) is 0 Å². The van der Waals surface area contributed by atoms with E-state index in [1.807, 2.05) is 0 Å². The Morgan fingerprint density at radius 3 is 2.69 bits per heavy atom. The Hall–Kier alpha value is -0.340. The summed E-state index contributed by atoms with van der Waals surface area (Å²) in [5, 5.41) is 0. The number of thioether (sulfide) groups is 2. The third kappa shape index (κ3) is 1.82. The number of hydrogen-bond acceptors (Lipinski definition) is 2. The molecule has 2 heteroatoms. The van der Waals surface area contributed by atoms with E-state index in [2.05, 4.69) is 54.7 Å². The first kappa shape index (κ1) is 10.8. The first-order chi connectivity index (χ1) is 7.86. The summed E-state index contributed by atoms with van der Waals surface area (Å²) in [7, 11) is 0. The topological polar surface area (TPSA) is 0 Å². The van der Waals surface area contributed by atoms with Crippen molar-refractivity contribution < 1.29 is 0 Å². The van der Waals surface area contributed by atoms with Crippen molar-refractivity contribution in [1.29, 1.82) is 0 Å². The maximum absolute atomic E-state index is 2.37. The first-order valence-electron chi connectivity index (χ1n) is 5.94. The van der Waals surface area contributed by atoms with E-state index in [9.17, 15) is 0 Å². The van der Waals surface area contributed by atoms with Gasteiger partial charge in [0.2, 0.25) is 0 Å². The molecule has 0 bridgehead atoms. The van der Waals surface area contributed by atoms with Gasteiger partial charge < -0.3 is 0 Å². The molecule has 0 radical (unpaired) electrons. The van der Waals surface area contributed by atoms with Gasteiger partial charge in [-0.3, -0.25) is 0 Å². The van der Waals surface area contributed by atoms with E-state index in [1.165, 1.54) is 29.9 Å². The molecular weight excluding hydrogens is 232 g/mol. The summed E-state index contributed by atoms with van der Waals surface area (Å²) < 4.78 is 1.60. The fraction of sp³-hybridized carbons (Fsp3) is 0.429. The molecule has 84 valence electrons. The van der Waals surface area contributed by atoms with Crippen LogP contribution in [0.15, 0.2) is 28.5 Å². The van der Waals surface area contributed by atoms with Gasteiger partial charge in [-0.15, -0.1) is 23.5 Å². The molecule has 0 saturated carbocycles. The third-order valence-corrected chi connectivity index (χ3v) is 5.96. The summed E-state index contributed by atoms with van der Waals surface area (Å²) in [4.78, 5) is 0. The Labute approximate surface area is 106 Å². The molecule has 0 nitrogen and oxygen atoms in total. The molecule has 1 aliphatic carbocycles. The molecule has 1 atom stereocenters. The van der Waals surface area contributed by atoms with Crippen LogP contribution in [0, 0.1) is 5.92 Å². The van der Waals surface area contributed by atoms with Crippen molar-refractivity contribution in [3.63, 3.8) is 0 Å². The van der Waals surface area contributed by atoms with Crippen LogP contribution in [0.25, 0.3) is 5.57 Å². The van der Waals surface area contributed by atoms with Gasteiger partial charge in [0.15, 0.2) is 0 Å². The van der Waals surface area contributed by atoms with Gasteiger partial charge in [0.25, 0.3) is 0 Å². The van der Waals surface area contributed by atoms with Crippen molar-refractivity contribution in [2.24, 2.45) is 5.92 Å². The van der Waals surface area contributed by atoms with Crippen LogP contribution >= 0.6 is 23.5 Å². The molecule has 0 aromatic heterocycles. The lowest BCUT2D eigenvalue weighted by Crippen LogP contribution is -1.98. The summed E-state index contributed by atoms with van der Waals surface area (Å²) in [6, 6.07) is 8.93. The number of hydrogen-bond donors (Lipinski definition) is 0. The van der Waals surface area contributed by atoms with Gasteiger partial charge >= 0.3 is 0 Å². The van der Waals surface area contributed by atoms with E-state index in [0.29, 0.717) is 5.92 Å². The van der Waals surface area contributed by atoms with Crippen molar-refractivity contribution >= 4 is 29.1 Å². The predicted octanol–water partition coefficient (Wildman–Crippen LogP) is 4.42. The van der Waals surface area contributed by atoms with E-state index in [0.717, 1.165) is 0 Å². The number of allylic oxidation sites excluding steroid dienone is 1. The molecule has 3 rings (SSSR count). The minimum atomic E-state index is 0.713. The maximum Gasteiger partial charge on any atom is 0.0442 e. The molecule has 1 aliphatic heterocycles. The Kier molecular flexibility index (Phi) is 3.03. The molecule has 1 unspecified atom stereocenters. The van der Waals surface area contributed by atoms with Crippen LogP contribution in [0.4, 0.5) is 0 Å². The van der Waals surface area contributed by atoms with Crippen molar-refractivity contribution in [3.8, 4) is 0 Å². The number of benzene rings is 1. The van der Waals surface area contributed by atoms with Gasteiger partial charge in [0.05, 0.1) is 0 Å². The van der Waals surface area contributed by atoms with Crippen LogP contribution in [0.5, 0.6) is 0 Å². The molecule has 1 saturated heterocycles. The van der Waals surface area contributed by atoms with E-state index < -0.39 is 0 Å². The molecule has 0 amide bonds. The smallest absolute Gasteiger partial charge is 0.0442 e. The highest BCUT2D eigenvalue weighted by molar-refractivity contribution is 8.23. The Bertz CT molecular complexity index is 426. The van der Waals surface area contributed by atoms with Crippen LogP contribution < -0.4 is 0 Å². The highest BCUT2D eigenvalue weighted by Crippen LogP contribution is 2.47. The van der Waals surface area contributed by atoms with Gasteiger partial charge in [0, 0.05) is 4.24 Å². The van der Waals surface area contributed by atoms with Crippen LogP contribution in [0.1, 0.15) is 24.5 Å². The summed E-state index contributed by atoms with van der Waals surface area (Å²) >= 11 is 4.14. The number of fused-ring (bicyclic) bond motifs is 1. The molecule has 2 aliphatic rings. The highest BCUT2D eigenvalue weighted by Gasteiger charge is 2.27. The Morgan fingerprint density at radius 2 is 1.88 bits per heavy atom. The lowest BCUT2D eigenvalue weighted by molar-refractivity contribution is 0.781. The van der Waals surface area contributed by atoms with Crippen molar-refractivity contribution in [1.82, 2.24) is 0 Å². The van der Waals surface area contributed by atoms with Gasteiger partial charge in [-0.25, -0.2) is 0 Å². The van der Waals surface area contributed by atoms with E-state index >= 15 is 0 Å². The monoisotopic (exact) mass is 248 g/mol. The van der Waals surface area contributed by atoms with Gasteiger partial charge in [-0.1, -0.05) is 31.2 Å². The summed E-state index contributed by atoms with van der Waals surface area (Å²) in [5.41, 5.74) is 4.70. The number of rotatable bonds is 0. The van der Waals surface area contributed by atoms with E-state index in [1.54, 1.807) is 15.4 Å². The van der Waals surface area contributed by atoms with Crippen LogP contribution in [0.2, 0.25) is 0 Å². The first-order valence-corrected chi connectivity index (χ1v) is 7.91. The lowest BCUT2D eigenvalue weighted by atomic mass is 10.0. The van der Waals surface area contributed by atoms with Crippen molar-refractivity contribution in [2.75, 3.05) is 11.5 Å². The van der Waals surface area contributed by atoms with Crippen LogP contribution in [0.3, 0.4) is 0 Å². The molecule has 1 aromatic rings. The maximum atomic E-state index is 2.37. The quantitative estimate of drug-likeness (QED) is 0.666. The third-order valence-electron chi connectivity index (χ3n) is 3.30. The molecule has 1 fully saturated rings. The zero-order chi connectivity index (χ0) is 11.0. The largest absolute Gasteiger partial charge is 0.119 e. The van der Waals surface area contributed by atoms with Gasteiger partial charge in [0.1, 0.15) is 0 Å². The van der Waals surface area contributed by atoms with Crippen molar-refractivity contribution in [2.45, 2.75) is 19.8 Å². The molecule has 1 heterocycles. The minimum absolute atomic E-state index is 0.713. The summed E-state index contributed by atoms with van der Waals surface area (Å²) in [6.45, 7) is 2.37. The van der Waals surface area contributed by atoms with Gasteiger partial charge in [-0.2, -0.15) is 0 Å². The Morgan fingerprint density at radius 1 is 1.12 bits per heavy atom.